The van der Waals surface area contributed by atoms with Crippen LogP contribution in [0.4, 0.5) is 0 Å². The van der Waals surface area contributed by atoms with Crippen molar-refractivity contribution < 1.29 is 4.74 Å². The van der Waals surface area contributed by atoms with Crippen LogP contribution in [0.1, 0.15) is 38.9 Å². The van der Waals surface area contributed by atoms with Gasteiger partial charge in [-0.15, -0.1) is 0 Å². The Hall–Kier alpha value is -0.870. The summed E-state index contributed by atoms with van der Waals surface area (Å²) in [5, 5.41) is 3.50. The van der Waals surface area contributed by atoms with Gasteiger partial charge < -0.3 is 14.6 Å². The van der Waals surface area contributed by atoms with E-state index < -0.39 is 0 Å². The van der Waals surface area contributed by atoms with Crippen molar-refractivity contribution in [3.8, 4) is 0 Å². The predicted molar refractivity (Wildman–Crippen MR) is 70.3 cm³/mol. The van der Waals surface area contributed by atoms with Crippen LogP contribution in [0.5, 0.6) is 0 Å². The van der Waals surface area contributed by atoms with E-state index in [0.717, 1.165) is 31.9 Å². The summed E-state index contributed by atoms with van der Waals surface area (Å²) in [5.74, 6) is 1.60. The van der Waals surface area contributed by atoms with Crippen LogP contribution in [0.15, 0.2) is 12.4 Å². The van der Waals surface area contributed by atoms with Crippen molar-refractivity contribution in [2.24, 2.45) is 0 Å². The maximum absolute atomic E-state index is 5.25. The standard InChI is InChI=1S/C13H25N3O/c1-5-6-14-12(10-17-4)9-16-8-7-15-13(16)11(2)3/h7-8,11-12,14H,5-6,9-10H2,1-4H3. The van der Waals surface area contributed by atoms with E-state index in [4.69, 9.17) is 4.74 Å². The smallest absolute Gasteiger partial charge is 0.111 e. The van der Waals surface area contributed by atoms with E-state index in [1.807, 2.05) is 12.4 Å². The van der Waals surface area contributed by atoms with E-state index in [2.05, 4.69) is 35.6 Å². The van der Waals surface area contributed by atoms with Crippen molar-refractivity contribution in [2.45, 2.75) is 45.7 Å². The van der Waals surface area contributed by atoms with Gasteiger partial charge in [0.2, 0.25) is 0 Å². The van der Waals surface area contributed by atoms with Gasteiger partial charge >= 0.3 is 0 Å². The van der Waals surface area contributed by atoms with Crippen molar-refractivity contribution in [2.75, 3.05) is 20.3 Å². The molecular formula is C13H25N3O. The van der Waals surface area contributed by atoms with Crippen molar-refractivity contribution >= 4 is 0 Å². The highest BCUT2D eigenvalue weighted by Gasteiger charge is 2.12. The zero-order chi connectivity index (χ0) is 12.7. The molecule has 98 valence electrons. The number of methoxy groups -OCH3 is 1. The Bertz CT molecular complexity index is 309. The number of nitrogens with one attached hydrogen (secondary N) is 1. The second kappa shape index (κ2) is 7.45. The molecule has 0 radical (unpaired) electrons. The van der Waals surface area contributed by atoms with E-state index in [1.54, 1.807) is 7.11 Å². The molecule has 0 amide bonds. The molecule has 1 atom stereocenters. The largest absolute Gasteiger partial charge is 0.383 e. The highest BCUT2D eigenvalue weighted by atomic mass is 16.5. The second-order valence-electron chi connectivity index (χ2n) is 4.70. The summed E-state index contributed by atoms with van der Waals surface area (Å²) in [6.45, 7) is 9.19. The quantitative estimate of drug-likeness (QED) is 0.754. The normalized spacial score (nSPS) is 13.2. The zero-order valence-corrected chi connectivity index (χ0v) is 11.4. The molecular weight excluding hydrogens is 214 g/mol. The molecule has 1 unspecified atom stereocenters. The third-order valence-electron chi connectivity index (χ3n) is 2.73. The van der Waals surface area contributed by atoms with Gasteiger partial charge in [-0.25, -0.2) is 4.98 Å². The highest BCUT2D eigenvalue weighted by molar-refractivity contribution is 4.98. The number of imidazole rings is 1. The summed E-state index contributed by atoms with van der Waals surface area (Å²) in [4.78, 5) is 4.40. The van der Waals surface area contributed by atoms with Crippen LogP contribution in [-0.4, -0.2) is 35.9 Å². The minimum absolute atomic E-state index is 0.353. The molecule has 4 heteroatoms. The third kappa shape index (κ3) is 4.48. The van der Waals surface area contributed by atoms with Crippen molar-refractivity contribution in [3.05, 3.63) is 18.2 Å². The molecule has 17 heavy (non-hydrogen) atoms. The van der Waals surface area contributed by atoms with Crippen LogP contribution in [0, 0.1) is 0 Å². The van der Waals surface area contributed by atoms with Crippen LogP contribution in [-0.2, 0) is 11.3 Å². The first-order chi connectivity index (χ1) is 8.19. The molecule has 1 heterocycles. The van der Waals surface area contributed by atoms with Crippen LogP contribution in [0.3, 0.4) is 0 Å². The molecule has 1 rings (SSSR count). The first-order valence-corrected chi connectivity index (χ1v) is 6.42. The average molecular weight is 239 g/mol. The Balaban J connectivity index is 2.61. The lowest BCUT2D eigenvalue weighted by Gasteiger charge is -2.20. The molecule has 0 aliphatic carbocycles. The lowest BCUT2D eigenvalue weighted by atomic mass is 10.2. The Labute approximate surface area is 104 Å². The molecule has 0 saturated carbocycles. The minimum Gasteiger partial charge on any atom is -0.383 e. The van der Waals surface area contributed by atoms with E-state index in [1.165, 1.54) is 0 Å². The molecule has 0 bridgehead atoms. The fourth-order valence-corrected chi connectivity index (χ4v) is 1.94. The molecule has 1 N–H and O–H groups in total. The molecule has 0 fully saturated rings. The number of hydrogen-bond donors (Lipinski definition) is 1. The summed E-state index contributed by atoms with van der Waals surface area (Å²) in [5.41, 5.74) is 0. The van der Waals surface area contributed by atoms with Gasteiger partial charge in [0, 0.05) is 38.0 Å². The summed E-state index contributed by atoms with van der Waals surface area (Å²) < 4.78 is 7.47. The molecule has 0 aliphatic heterocycles. The first kappa shape index (κ1) is 14.2. The van der Waals surface area contributed by atoms with Crippen molar-refractivity contribution in [1.82, 2.24) is 14.9 Å². The molecule has 0 aromatic carbocycles. The fourth-order valence-electron chi connectivity index (χ4n) is 1.94. The molecule has 0 aliphatic rings. The number of hydrogen-bond acceptors (Lipinski definition) is 3. The van der Waals surface area contributed by atoms with Gasteiger partial charge in [0.1, 0.15) is 5.82 Å². The van der Waals surface area contributed by atoms with Gasteiger partial charge in [0.15, 0.2) is 0 Å². The Kier molecular flexibility index (Phi) is 6.22. The number of rotatable bonds is 8. The SMILES string of the molecule is CCCNC(COC)Cn1ccnc1C(C)C. The Morgan fingerprint density at radius 3 is 2.82 bits per heavy atom. The molecule has 1 aromatic heterocycles. The van der Waals surface area contributed by atoms with Crippen molar-refractivity contribution in [1.29, 1.82) is 0 Å². The van der Waals surface area contributed by atoms with Gasteiger partial charge in [-0.3, -0.25) is 0 Å². The van der Waals surface area contributed by atoms with Crippen LogP contribution in [0.25, 0.3) is 0 Å². The third-order valence-corrected chi connectivity index (χ3v) is 2.73. The van der Waals surface area contributed by atoms with Crippen LogP contribution < -0.4 is 5.32 Å². The van der Waals surface area contributed by atoms with Gasteiger partial charge in [-0.05, 0) is 13.0 Å². The van der Waals surface area contributed by atoms with Gasteiger partial charge in [-0.1, -0.05) is 20.8 Å². The summed E-state index contributed by atoms with van der Waals surface area (Å²) in [7, 11) is 1.75. The van der Waals surface area contributed by atoms with Crippen LogP contribution in [0.2, 0.25) is 0 Å². The highest BCUT2D eigenvalue weighted by Crippen LogP contribution is 2.12. The summed E-state index contributed by atoms with van der Waals surface area (Å²) >= 11 is 0. The number of aromatic nitrogens is 2. The predicted octanol–water partition coefficient (Wildman–Crippen LogP) is 2.02. The second-order valence-corrected chi connectivity index (χ2v) is 4.70. The lowest BCUT2D eigenvalue weighted by Crippen LogP contribution is -2.37. The van der Waals surface area contributed by atoms with Crippen LogP contribution >= 0.6 is 0 Å². The maximum atomic E-state index is 5.25. The van der Waals surface area contributed by atoms with Gasteiger partial charge in [0.05, 0.1) is 6.61 Å². The zero-order valence-electron chi connectivity index (χ0n) is 11.4. The fraction of sp³-hybridized carbons (Fsp3) is 0.769. The Morgan fingerprint density at radius 2 is 2.24 bits per heavy atom. The van der Waals surface area contributed by atoms with E-state index in [0.29, 0.717) is 12.0 Å². The topological polar surface area (TPSA) is 39.1 Å². The first-order valence-electron chi connectivity index (χ1n) is 6.42. The molecule has 1 aromatic rings. The molecule has 0 saturated heterocycles. The number of ether oxygens (including phenoxy) is 1. The van der Waals surface area contributed by atoms with Crippen molar-refractivity contribution in [3.63, 3.8) is 0 Å². The average Bonchev–Trinajstić information content (AvgIpc) is 2.74. The molecule has 0 spiro atoms. The monoisotopic (exact) mass is 239 g/mol. The van der Waals surface area contributed by atoms with E-state index >= 15 is 0 Å². The lowest BCUT2D eigenvalue weighted by molar-refractivity contribution is 0.158. The minimum atomic E-state index is 0.353. The van der Waals surface area contributed by atoms with E-state index in [-0.39, 0.29) is 0 Å². The van der Waals surface area contributed by atoms with Gasteiger partial charge in [0.25, 0.3) is 0 Å². The van der Waals surface area contributed by atoms with Gasteiger partial charge in [-0.2, -0.15) is 0 Å². The summed E-state index contributed by atoms with van der Waals surface area (Å²) in [6.07, 6.45) is 5.06. The number of nitrogens with zero attached hydrogens (tertiary/aromatic N) is 2. The maximum Gasteiger partial charge on any atom is 0.111 e. The van der Waals surface area contributed by atoms with E-state index in [9.17, 15) is 0 Å². The molecule has 4 nitrogen and oxygen atoms in total. The Morgan fingerprint density at radius 1 is 1.47 bits per heavy atom. The summed E-state index contributed by atoms with van der Waals surface area (Å²) in [6, 6.07) is 0.353.